The van der Waals surface area contributed by atoms with E-state index in [1.165, 1.54) is 41.3 Å². The van der Waals surface area contributed by atoms with Gasteiger partial charge in [-0.05, 0) is 84.5 Å². The molecule has 1 heterocycles. The topological polar surface area (TPSA) is 50.8 Å². The fourth-order valence-corrected chi connectivity index (χ4v) is 3.52. The molecule has 5 nitrogen and oxygen atoms in total. The molecule has 0 radical (unpaired) electrons. The summed E-state index contributed by atoms with van der Waals surface area (Å²) in [7, 11) is 1.55. The van der Waals surface area contributed by atoms with Gasteiger partial charge in [0.05, 0.1) is 12.8 Å². The van der Waals surface area contributed by atoms with Gasteiger partial charge in [-0.2, -0.15) is 0 Å². The van der Waals surface area contributed by atoms with Crippen molar-refractivity contribution in [3.8, 4) is 11.5 Å². The van der Waals surface area contributed by atoms with Gasteiger partial charge in [0, 0.05) is 5.56 Å². The van der Waals surface area contributed by atoms with Gasteiger partial charge in [-0.3, -0.25) is 9.69 Å². The maximum absolute atomic E-state index is 13.2. The molecule has 4 rings (SSSR count). The van der Waals surface area contributed by atoms with E-state index in [1.807, 2.05) is 6.07 Å². The largest absolute Gasteiger partial charge is 0.496 e. The fourth-order valence-electron chi connectivity index (χ4n) is 3.22. The van der Waals surface area contributed by atoms with Gasteiger partial charge in [0.25, 0.3) is 5.91 Å². The number of halogens is 2. The number of amides is 1. The van der Waals surface area contributed by atoms with Crippen LogP contribution in [-0.2, 0) is 11.4 Å². The molecule has 8 heteroatoms. The number of carbonyl (C=O) groups excluding carboxylic acids is 1. The third-order valence-electron chi connectivity index (χ3n) is 4.79. The van der Waals surface area contributed by atoms with Crippen LogP contribution in [0.5, 0.6) is 11.5 Å². The molecule has 1 amide bonds. The Morgan fingerprint density at radius 2 is 1.66 bits per heavy atom. The molecule has 0 saturated carbocycles. The number of thiocarbonyl (C=S) groups is 1. The van der Waals surface area contributed by atoms with Gasteiger partial charge in [-0.1, -0.05) is 6.07 Å². The molecule has 0 spiro atoms. The van der Waals surface area contributed by atoms with Gasteiger partial charge in [-0.25, -0.2) is 8.78 Å². The average Bonchev–Trinajstić information content (AvgIpc) is 3.07. The van der Waals surface area contributed by atoms with E-state index in [4.69, 9.17) is 21.7 Å². The molecule has 0 bridgehead atoms. The fraction of sp³-hybridized carbons (Fsp3) is 0.0833. The standard InChI is InChI=1S/C24H18F2N2O3S/c1-30-22-11-2-15(12-16(22)14-31-20-9-5-18(26)6-10-20)13-21-23(29)28(24(32)27-21)19-7-3-17(25)4-8-19/h2-13H,14H2,1H3,(H,27,32)/b21-13+. The Morgan fingerprint density at radius 3 is 2.31 bits per heavy atom. The highest BCUT2D eigenvalue weighted by Gasteiger charge is 2.32. The predicted octanol–water partition coefficient (Wildman–Crippen LogP) is 4.81. The second-order valence-corrected chi connectivity index (χ2v) is 7.31. The first-order valence-electron chi connectivity index (χ1n) is 9.62. The van der Waals surface area contributed by atoms with E-state index in [-0.39, 0.29) is 29.1 Å². The van der Waals surface area contributed by atoms with E-state index >= 15 is 0 Å². The van der Waals surface area contributed by atoms with Gasteiger partial charge < -0.3 is 14.8 Å². The summed E-state index contributed by atoms with van der Waals surface area (Å²) in [5, 5.41) is 3.11. The van der Waals surface area contributed by atoms with Gasteiger partial charge in [0.1, 0.15) is 35.4 Å². The summed E-state index contributed by atoms with van der Waals surface area (Å²) in [5.41, 5.74) is 2.23. The number of anilines is 1. The maximum atomic E-state index is 13.2. The van der Waals surface area contributed by atoms with Crippen molar-refractivity contribution in [3.05, 3.63) is 95.2 Å². The van der Waals surface area contributed by atoms with Crippen molar-refractivity contribution >= 4 is 35.0 Å². The molecular formula is C24H18F2N2O3S. The summed E-state index contributed by atoms with van der Waals surface area (Å²) in [4.78, 5) is 14.2. The molecule has 1 aliphatic rings. The third-order valence-corrected chi connectivity index (χ3v) is 5.07. The minimum Gasteiger partial charge on any atom is -0.496 e. The molecule has 3 aromatic carbocycles. The number of carbonyl (C=O) groups is 1. The van der Waals surface area contributed by atoms with E-state index in [2.05, 4.69) is 5.32 Å². The number of methoxy groups -OCH3 is 1. The number of nitrogens with zero attached hydrogens (tertiary/aromatic N) is 1. The summed E-state index contributed by atoms with van der Waals surface area (Å²) < 4.78 is 37.4. The molecule has 1 saturated heterocycles. The number of rotatable bonds is 6. The zero-order chi connectivity index (χ0) is 22.7. The van der Waals surface area contributed by atoms with Crippen LogP contribution in [0.4, 0.5) is 14.5 Å². The van der Waals surface area contributed by atoms with Crippen molar-refractivity contribution in [1.82, 2.24) is 5.32 Å². The molecule has 162 valence electrons. The second-order valence-electron chi connectivity index (χ2n) is 6.92. The van der Waals surface area contributed by atoms with Gasteiger partial charge in [0.2, 0.25) is 0 Å². The van der Waals surface area contributed by atoms with Gasteiger partial charge >= 0.3 is 0 Å². The SMILES string of the molecule is COc1ccc(/C=C2/NC(=S)N(c3ccc(F)cc3)C2=O)cc1COc1ccc(F)cc1. The number of nitrogens with one attached hydrogen (secondary N) is 1. The highest BCUT2D eigenvalue weighted by molar-refractivity contribution is 7.80. The Balaban J connectivity index is 1.56. The lowest BCUT2D eigenvalue weighted by Crippen LogP contribution is -2.30. The highest BCUT2D eigenvalue weighted by atomic mass is 32.1. The van der Waals surface area contributed by atoms with Crippen LogP contribution in [0.1, 0.15) is 11.1 Å². The molecule has 32 heavy (non-hydrogen) atoms. The van der Waals surface area contributed by atoms with Crippen molar-refractivity contribution < 1.29 is 23.0 Å². The number of ether oxygens (including phenoxy) is 2. The van der Waals surface area contributed by atoms with Crippen LogP contribution in [0.25, 0.3) is 6.08 Å². The Kier molecular flexibility index (Phi) is 6.13. The zero-order valence-electron chi connectivity index (χ0n) is 17.0. The second kappa shape index (κ2) is 9.15. The van der Waals surface area contributed by atoms with Crippen LogP contribution in [0, 0.1) is 11.6 Å². The predicted molar refractivity (Wildman–Crippen MR) is 121 cm³/mol. The van der Waals surface area contributed by atoms with Crippen LogP contribution in [0.3, 0.4) is 0 Å². The molecule has 1 N–H and O–H groups in total. The molecule has 0 aromatic heterocycles. The van der Waals surface area contributed by atoms with Crippen molar-refractivity contribution in [2.24, 2.45) is 0 Å². The Hall–Kier alpha value is -3.78. The minimum atomic E-state index is -0.399. The Bertz CT molecular complexity index is 1190. The van der Waals surface area contributed by atoms with Crippen molar-refractivity contribution in [1.29, 1.82) is 0 Å². The quantitative estimate of drug-likeness (QED) is 0.430. The Morgan fingerprint density at radius 1 is 1.00 bits per heavy atom. The van der Waals surface area contributed by atoms with Gasteiger partial charge in [0.15, 0.2) is 5.11 Å². The molecule has 0 aliphatic carbocycles. The lowest BCUT2D eigenvalue weighted by Gasteiger charge is -2.13. The van der Waals surface area contributed by atoms with Crippen LogP contribution in [0.15, 0.2) is 72.4 Å². The first-order chi connectivity index (χ1) is 15.4. The molecule has 0 atom stereocenters. The maximum Gasteiger partial charge on any atom is 0.281 e. The molecule has 0 unspecified atom stereocenters. The minimum absolute atomic E-state index is 0.188. The summed E-state index contributed by atoms with van der Waals surface area (Å²) in [5.74, 6) is 0.0450. The van der Waals surface area contributed by atoms with Crippen molar-refractivity contribution in [3.63, 3.8) is 0 Å². The first-order valence-corrected chi connectivity index (χ1v) is 10.0. The highest BCUT2D eigenvalue weighted by Crippen LogP contribution is 2.26. The van der Waals surface area contributed by atoms with E-state index in [1.54, 1.807) is 37.5 Å². The number of hydrogen-bond acceptors (Lipinski definition) is 4. The van der Waals surface area contributed by atoms with Crippen LogP contribution in [0.2, 0.25) is 0 Å². The Labute approximate surface area is 188 Å². The molecular weight excluding hydrogens is 434 g/mol. The van der Waals surface area contributed by atoms with Crippen LogP contribution in [-0.4, -0.2) is 18.1 Å². The monoisotopic (exact) mass is 452 g/mol. The number of benzene rings is 3. The summed E-state index contributed by atoms with van der Waals surface area (Å²) in [6, 6.07) is 16.6. The van der Waals surface area contributed by atoms with Crippen molar-refractivity contribution in [2.75, 3.05) is 12.0 Å². The zero-order valence-corrected chi connectivity index (χ0v) is 17.8. The van der Waals surface area contributed by atoms with E-state index in [0.717, 1.165) is 11.1 Å². The van der Waals surface area contributed by atoms with E-state index in [0.29, 0.717) is 17.2 Å². The molecule has 1 fully saturated rings. The normalized spacial score (nSPS) is 14.6. The summed E-state index contributed by atoms with van der Waals surface area (Å²) >= 11 is 5.29. The van der Waals surface area contributed by atoms with E-state index < -0.39 is 5.82 Å². The van der Waals surface area contributed by atoms with Crippen LogP contribution < -0.4 is 19.7 Å². The first kappa shape index (κ1) is 21.5. The molecule has 3 aromatic rings. The lowest BCUT2D eigenvalue weighted by molar-refractivity contribution is -0.113. The van der Waals surface area contributed by atoms with Crippen LogP contribution >= 0.6 is 12.2 Å². The summed E-state index contributed by atoms with van der Waals surface area (Å²) in [6.45, 7) is 0.188. The third kappa shape index (κ3) is 4.60. The van der Waals surface area contributed by atoms with Crippen molar-refractivity contribution in [2.45, 2.75) is 6.61 Å². The number of hydrogen-bond donors (Lipinski definition) is 1. The lowest BCUT2D eigenvalue weighted by atomic mass is 10.1. The average molecular weight is 452 g/mol. The van der Waals surface area contributed by atoms with E-state index in [9.17, 15) is 13.6 Å². The summed E-state index contributed by atoms with van der Waals surface area (Å²) in [6.07, 6.45) is 1.67. The smallest absolute Gasteiger partial charge is 0.281 e. The molecule has 1 aliphatic heterocycles. The van der Waals surface area contributed by atoms with Gasteiger partial charge in [-0.15, -0.1) is 0 Å².